The summed E-state index contributed by atoms with van der Waals surface area (Å²) in [5.74, 6) is -0.601. The molecule has 0 spiro atoms. The Labute approximate surface area is 171 Å². The predicted octanol–water partition coefficient (Wildman–Crippen LogP) is 2.57. The van der Waals surface area contributed by atoms with Crippen molar-refractivity contribution in [1.29, 1.82) is 0 Å². The van der Waals surface area contributed by atoms with Crippen molar-refractivity contribution in [2.45, 2.75) is 26.3 Å². The number of anilines is 1. The zero-order chi connectivity index (χ0) is 21.3. The third-order valence-corrected chi connectivity index (χ3v) is 7.04. The number of esters is 1. The number of ketones is 1. The van der Waals surface area contributed by atoms with Gasteiger partial charge in [-0.3, -0.25) is 4.79 Å². The number of carbonyl (C=O) groups excluding carboxylic acids is 2. The highest BCUT2D eigenvalue weighted by molar-refractivity contribution is 7.91. The summed E-state index contributed by atoms with van der Waals surface area (Å²) in [7, 11) is 0.720. The Morgan fingerprint density at radius 1 is 1.21 bits per heavy atom. The number of hydrogen-bond acceptors (Lipinski definition) is 6. The van der Waals surface area contributed by atoms with E-state index in [1.165, 1.54) is 0 Å². The summed E-state index contributed by atoms with van der Waals surface area (Å²) in [4.78, 5) is 26.9. The number of rotatable bonds is 6. The molecule has 1 aliphatic heterocycles. The van der Waals surface area contributed by atoms with Crippen LogP contribution in [0.5, 0.6) is 0 Å². The fourth-order valence-corrected chi connectivity index (χ4v) is 5.50. The Kier molecular flexibility index (Phi) is 5.84. The zero-order valence-electron chi connectivity index (χ0n) is 17.1. The number of aromatic nitrogens is 1. The molecule has 0 N–H and O–H groups in total. The molecule has 1 saturated heterocycles. The number of benzene rings is 1. The van der Waals surface area contributed by atoms with Gasteiger partial charge in [-0.2, -0.15) is 0 Å². The van der Waals surface area contributed by atoms with E-state index in [2.05, 4.69) is 0 Å². The van der Waals surface area contributed by atoms with E-state index in [0.29, 0.717) is 23.2 Å². The lowest BCUT2D eigenvalue weighted by Gasteiger charge is -2.16. The molecule has 1 atom stereocenters. The van der Waals surface area contributed by atoms with Gasteiger partial charge in [-0.05, 0) is 44.5 Å². The summed E-state index contributed by atoms with van der Waals surface area (Å²) < 4.78 is 30.8. The van der Waals surface area contributed by atoms with Crippen molar-refractivity contribution < 1.29 is 22.7 Å². The highest BCUT2D eigenvalue weighted by Crippen LogP contribution is 2.29. The maximum atomic E-state index is 12.7. The van der Waals surface area contributed by atoms with Crippen LogP contribution in [0.4, 0.5) is 5.69 Å². The Morgan fingerprint density at radius 3 is 2.55 bits per heavy atom. The molecule has 0 saturated carbocycles. The number of ether oxygens (including phenoxy) is 1. The van der Waals surface area contributed by atoms with Gasteiger partial charge in [-0.1, -0.05) is 6.07 Å². The van der Waals surface area contributed by atoms with E-state index >= 15 is 0 Å². The molecule has 0 radical (unpaired) electrons. The van der Waals surface area contributed by atoms with Crippen molar-refractivity contribution in [2.75, 3.05) is 37.1 Å². The Bertz CT molecular complexity index is 1050. The van der Waals surface area contributed by atoms with Crippen LogP contribution < -0.4 is 4.90 Å². The lowest BCUT2D eigenvalue weighted by Crippen LogP contribution is -2.17. The second-order valence-corrected chi connectivity index (χ2v) is 9.88. The first kappa shape index (κ1) is 21.1. The van der Waals surface area contributed by atoms with E-state index < -0.39 is 15.8 Å². The highest BCUT2D eigenvalue weighted by atomic mass is 32.2. The second kappa shape index (κ2) is 8.02. The monoisotopic (exact) mass is 418 g/mol. The zero-order valence-corrected chi connectivity index (χ0v) is 18.0. The van der Waals surface area contributed by atoms with Crippen molar-refractivity contribution in [3.8, 4) is 0 Å². The quantitative estimate of drug-likeness (QED) is 0.529. The minimum Gasteiger partial charge on any atom is -0.454 e. The third-order valence-electron chi connectivity index (χ3n) is 5.29. The molecule has 1 aliphatic rings. The van der Waals surface area contributed by atoms with E-state index in [4.69, 9.17) is 4.74 Å². The SMILES string of the molecule is Cc1cc(C(=O)COC(=O)c2cccc(N(C)C)c2)c(C)n1[C@H]1CCS(=O)(=O)C1. The Hall–Kier alpha value is -2.61. The average molecular weight is 419 g/mol. The van der Waals surface area contributed by atoms with Crippen LogP contribution in [0.2, 0.25) is 0 Å². The third kappa shape index (κ3) is 4.53. The van der Waals surface area contributed by atoms with Gasteiger partial charge in [-0.25, -0.2) is 13.2 Å². The molecule has 1 aromatic carbocycles. The normalized spacial score (nSPS) is 17.9. The largest absolute Gasteiger partial charge is 0.454 e. The molecule has 3 rings (SSSR count). The van der Waals surface area contributed by atoms with Crippen molar-refractivity contribution >= 4 is 27.3 Å². The van der Waals surface area contributed by atoms with Crippen molar-refractivity contribution in [2.24, 2.45) is 0 Å². The molecule has 2 aromatic rings. The van der Waals surface area contributed by atoms with Gasteiger partial charge in [-0.15, -0.1) is 0 Å². The van der Waals surface area contributed by atoms with E-state index in [1.54, 1.807) is 31.2 Å². The summed E-state index contributed by atoms with van der Waals surface area (Å²) in [5.41, 5.74) is 3.24. The molecule has 29 heavy (non-hydrogen) atoms. The first-order valence-corrected chi connectivity index (χ1v) is 11.3. The fourth-order valence-electron chi connectivity index (χ4n) is 3.80. The van der Waals surface area contributed by atoms with Crippen molar-refractivity contribution in [1.82, 2.24) is 4.57 Å². The summed E-state index contributed by atoms with van der Waals surface area (Å²) in [6.45, 7) is 3.29. The Morgan fingerprint density at radius 2 is 1.93 bits per heavy atom. The van der Waals surface area contributed by atoms with Crippen LogP contribution in [0.3, 0.4) is 0 Å². The second-order valence-electron chi connectivity index (χ2n) is 7.66. The van der Waals surface area contributed by atoms with Crippen molar-refractivity contribution in [3.05, 3.63) is 52.8 Å². The molecule has 0 unspecified atom stereocenters. The number of aryl methyl sites for hydroxylation is 1. The molecule has 8 heteroatoms. The van der Waals surface area contributed by atoms with Gasteiger partial charge >= 0.3 is 5.97 Å². The molecule has 7 nitrogen and oxygen atoms in total. The number of carbonyl (C=O) groups is 2. The summed E-state index contributed by atoms with van der Waals surface area (Å²) in [6, 6.07) is 8.57. The number of sulfone groups is 1. The fraction of sp³-hybridized carbons (Fsp3) is 0.429. The molecule has 0 bridgehead atoms. The van der Waals surface area contributed by atoms with E-state index in [9.17, 15) is 18.0 Å². The number of nitrogens with zero attached hydrogens (tertiary/aromatic N) is 2. The number of hydrogen-bond donors (Lipinski definition) is 0. The van der Waals surface area contributed by atoms with Gasteiger partial charge in [0.1, 0.15) is 0 Å². The van der Waals surface area contributed by atoms with Gasteiger partial charge in [0, 0.05) is 42.8 Å². The lowest BCUT2D eigenvalue weighted by atomic mass is 10.1. The average Bonchev–Trinajstić information content (AvgIpc) is 3.17. The summed E-state index contributed by atoms with van der Waals surface area (Å²) in [6.07, 6.45) is 0.545. The maximum Gasteiger partial charge on any atom is 0.338 e. The van der Waals surface area contributed by atoms with Crippen LogP contribution in [0.25, 0.3) is 0 Å². The molecular formula is C21H26N2O5S. The van der Waals surface area contributed by atoms with Crippen LogP contribution >= 0.6 is 0 Å². The van der Waals surface area contributed by atoms with Crippen LogP contribution in [0, 0.1) is 13.8 Å². The first-order valence-electron chi connectivity index (χ1n) is 9.45. The predicted molar refractivity (Wildman–Crippen MR) is 112 cm³/mol. The van der Waals surface area contributed by atoms with Gasteiger partial charge in [0.25, 0.3) is 0 Å². The van der Waals surface area contributed by atoms with E-state index in [0.717, 1.165) is 11.4 Å². The Balaban J connectivity index is 1.71. The van der Waals surface area contributed by atoms with Crippen molar-refractivity contribution in [3.63, 3.8) is 0 Å². The van der Waals surface area contributed by atoms with Crippen LogP contribution in [0.1, 0.15) is 44.6 Å². The molecule has 2 heterocycles. The molecule has 156 valence electrons. The molecule has 1 aromatic heterocycles. The highest BCUT2D eigenvalue weighted by Gasteiger charge is 2.31. The molecular weight excluding hydrogens is 392 g/mol. The maximum absolute atomic E-state index is 12.7. The van der Waals surface area contributed by atoms with E-state index in [1.807, 2.05) is 36.6 Å². The van der Waals surface area contributed by atoms with Crippen LogP contribution in [-0.2, 0) is 14.6 Å². The van der Waals surface area contributed by atoms with Crippen LogP contribution in [0.15, 0.2) is 30.3 Å². The summed E-state index contributed by atoms with van der Waals surface area (Å²) in [5, 5.41) is 0. The standard InChI is InChI=1S/C21H26N2O5S/c1-14-10-19(15(2)23(14)18-8-9-29(26,27)13-18)20(24)12-28-21(25)16-6-5-7-17(11-16)22(3)4/h5-7,10-11,18H,8-9,12-13H2,1-4H3/t18-/m0/s1. The summed E-state index contributed by atoms with van der Waals surface area (Å²) >= 11 is 0. The van der Waals surface area contributed by atoms with Gasteiger partial charge < -0.3 is 14.2 Å². The molecule has 1 fully saturated rings. The van der Waals surface area contributed by atoms with Gasteiger partial charge in [0.05, 0.1) is 17.1 Å². The smallest absolute Gasteiger partial charge is 0.338 e. The minimum atomic E-state index is -3.03. The first-order chi connectivity index (χ1) is 13.6. The van der Waals surface area contributed by atoms with E-state index in [-0.39, 0.29) is 29.9 Å². The molecule has 0 aliphatic carbocycles. The minimum absolute atomic E-state index is 0.0915. The number of Topliss-reactive ketones (excluding diaryl/α,β-unsaturated/α-hetero) is 1. The van der Waals surface area contributed by atoms with Gasteiger partial charge in [0.15, 0.2) is 16.4 Å². The topological polar surface area (TPSA) is 85.7 Å². The lowest BCUT2D eigenvalue weighted by molar-refractivity contribution is 0.0474. The molecule has 0 amide bonds. The van der Waals surface area contributed by atoms with Crippen LogP contribution in [-0.4, -0.2) is 56.9 Å². The van der Waals surface area contributed by atoms with Gasteiger partial charge in [0.2, 0.25) is 5.78 Å².